The summed E-state index contributed by atoms with van der Waals surface area (Å²) in [5, 5.41) is 34.1. The molecular weight excluding hydrogens is 611 g/mol. The van der Waals surface area contributed by atoms with Gasteiger partial charge < -0.3 is 9.13 Å². The highest BCUT2D eigenvalue weighted by Crippen LogP contribution is 2.38. The number of aromatic nitrogens is 2. The Hall–Kier alpha value is -7.39. The topological polar surface area (TPSA) is 81.2 Å². The van der Waals surface area contributed by atoms with Crippen molar-refractivity contribution in [2.24, 2.45) is 0 Å². The van der Waals surface area contributed by atoms with Crippen LogP contribution in [0.1, 0.15) is 16.7 Å². The monoisotopic (exact) mass is 635 g/mol. The maximum absolute atomic E-state index is 10.3. The van der Waals surface area contributed by atoms with E-state index in [4.69, 9.17) is 0 Å². The molecule has 5 nitrogen and oxygen atoms in total. The summed E-state index contributed by atoms with van der Waals surface area (Å²) in [6.07, 6.45) is 0. The van der Waals surface area contributed by atoms with Crippen molar-refractivity contribution in [1.29, 1.82) is 15.8 Å². The van der Waals surface area contributed by atoms with Crippen molar-refractivity contribution in [2.45, 2.75) is 0 Å². The lowest BCUT2D eigenvalue weighted by molar-refractivity contribution is 1.17. The van der Waals surface area contributed by atoms with Crippen LogP contribution in [0.5, 0.6) is 0 Å². The number of nitrogens with zero attached hydrogens (tertiary/aromatic N) is 5. The Morgan fingerprint density at radius 2 is 0.780 bits per heavy atom. The quantitative estimate of drug-likeness (QED) is 0.193. The molecule has 0 saturated heterocycles. The van der Waals surface area contributed by atoms with Crippen molar-refractivity contribution in [3.05, 3.63) is 168 Å². The van der Waals surface area contributed by atoms with Crippen LogP contribution in [-0.2, 0) is 0 Å². The van der Waals surface area contributed by atoms with Gasteiger partial charge in [0.1, 0.15) is 0 Å². The summed E-state index contributed by atoms with van der Waals surface area (Å²) in [5.74, 6) is 0. The van der Waals surface area contributed by atoms with Gasteiger partial charge in [-0.05, 0) is 107 Å². The van der Waals surface area contributed by atoms with Gasteiger partial charge in [0.2, 0.25) is 0 Å². The van der Waals surface area contributed by atoms with Crippen LogP contribution in [0.15, 0.2) is 152 Å². The molecule has 0 saturated carbocycles. The number of fused-ring (bicyclic) bond motifs is 6. The van der Waals surface area contributed by atoms with Crippen LogP contribution >= 0.6 is 0 Å². The minimum atomic E-state index is 0.554. The zero-order valence-corrected chi connectivity index (χ0v) is 26.7. The number of benzene rings is 7. The van der Waals surface area contributed by atoms with E-state index in [-0.39, 0.29) is 0 Å². The molecule has 7 aromatic carbocycles. The Kier molecular flexibility index (Phi) is 6.56. The lowest BCUT2D eigenvalue weighted by Gasteiger charge is -2.16. The normalized spacial score (nSPS) is 11.1. The molecule has 0 fully saturated rings. The van der Waals surface area contributed by atoms with Crippen LogP contribution in [0, 0.1) is 34.0 Å². The first-order valence-electron chi connectivity index (χ1n) is 16.3. The molecule has 0 unspecified atom stereocenters. The predicted molar refractivity (Wildman–Crippen MR) is 200 cm³/mol. The van der Waals surface area contributed by atoms with Crippen LogP contribution < -0.4 is 0 Å². The van der Waals surface area contributed by atoms with Crippen molar-refractivity contribution in [2.75, 3.05) is 0 Å². The molecule has 2 heterocycles. The average Bonchev–Trinajstić information content (AvgIpc) is 3.70. The summed E-state index contributed by atoms with van der Waals surface area (Å²) in [7, 11) is 0. The van der Waals surface area contributed by atoms with E-state index >= 15 is 0 Å². The van der Waals surface area contributed by atoms with Gasteiger partial charge in [0.15, 0.2) is 0 Å². The van der Waals surface area contributed by atoms with Crippen LogP contribution in [0.3, 0.4) is 0 Å². The molecule has 0 aliphatic carbocycles. The minimum absolute atomic E-state index is 0.554. The van der Waals surface area contributed by atoms with Crippen LogP contribution in [-0.4, -0.2) is 9.13 Å². The van der Waals surface area contributed by atoms with E-state index in [1.165, 1.54) is 0 Å². The van der Waals surface area contributed by atoms with E-state index < -0.39 is 0 Å². The molecule has 0 N–H and O–H groups in total. The van der Waals surface area contributed by atoms with E-state index in [0.717, 1.165) is 77.2 Å². The number of nitriles is 3. The molecule has 0 aliphatic rings. The van der Waals surface area contributed by atoms with Gasteiger partial charge in [-0.3, -0.25) is 0 Å². The maximum atomic E-state index is 10.3. The summed E-state index contributed by atoms with van der Waals surface area (Å²) >= 11 is 0. The van der Waals surface area contributed by atoms with Gasteiger partial charge in [-0.25, -0.2) is 0 Å². The molecule has 0 aliphatic heterocycles. The third-order valence-electron chi connectivity index (χ3n) is 9.52. The smallest absolute Gasteiger partial charge is 0.0992 e. The Labute approximate surface area is 287 Å². The van der Waals surface area contributed by atoms with Crippen molar-refractivity contribution in [3.63, 3.8) is 0 Å². The molecule has 0 radical (unpaired) electrons. The predicted octanol–water partition coefficient (Wildman–Crippen LogP) is 10.8. The largest absolute Gasteiger partial charge is 0.309 e. The van der Waals surface area contributed by atoms with E-state index in [2.05, 4.69) is 100 Å². The molecule has 0 atom stereocenters. The summed E-state index contributed by atoms with van der Waals surface area (Å²) in [5.41, 5.74) is 11.4. The van der Waals surface area contributed by atoms with E-state index in [9.17, 15) is 15.8 Å². The Morgan fingerprint density at radius 1 is 0.320 bits per heavy atom. The molecule has 2 aromatic heterocycles. The number of para-hydroxylation sites is 3. The van der Waals surface area contributed by atoms with Crippen LogP contribution in [0.25, 0.3) is 77.2 Å². The molecule has 230 valence electrons. The molecule has 0 bridgehead atoms. The highest BCUT2D eigenvalue weighted by Gasteiger charge is 2.17. The molecule has 50 heavy (non-hydrogen) atoms. The lowest BCUT2D eigenvalue weighted by Crippen LogP contribution is -1.98. The third-order valence-corrected chi connectivity index (χ3v) is 9.52. The van der Waals surface area contributed by atoms with Crippen molar-refractivity contribution < 1.29 is 0 Å². The van der Waals surface area contributed by atoms with Gasteiger partial charge in [0, 0.05) is 32.9 Å². The number of hydrogen-bond acceptors (Lipinski definition) is 3. The highest BCUT2D eigenvalue weighted by molar-refractivity contribution is 6.10. The first-order valence-corrected chi connectivity index (χ1v) is 16.3. The number of rotatable bonds is 4. The fourth-order valence-corrected chi connectivity index (χ4v) is 7.33. The maximum Gasteiger partial charge on any atom is 0.0992 e. The first kappa shape index (κ1) is 28.8. The summed E-state index contributed by atoms with van der Waals surface area (Å²) in [6.45, 7) is 0. The standard InChI is InChI=1S/C45H25N5/c46-26-29-8-7-9-32(18-29)34-22-35(25-37(24-34)50-44-15-6-3-12-40(44)41-21-30(27-47)16-17-45(41)50)33-19-31(28-48)20-36(23-33)49-42-13-4-1-10-38(42)39-11-2-5-14-43(39)49/h1-25H. The van der Waals surface area contributed by atoms with E-state index in [0.29, 0.717) is 16.7 Å². The molecule has 0 spiro atoms. The van der Waals surface area contributed by atoms with E-state index in [1.807, 2.05) is 78.9 Å². The van der Waals surface area contributed by atoms with Gasteiger partial charge in [0.05, 0.1) is 57.0 Å². The highest BCUT2D eigenvalue weighted by atomic mass is 15.0. The van der Waals surface area contributed by atoms with Gasteiger partial charge in [-0.2, -0.15) is 15.8 Å². The molecule has 9 aromatic rings. The summed E-state index contributed by atoms with van der Waals surface area (Å²) in [6, 6.07) is 57.9. The molecule has 0 amide bonds. The summed E-state index contributed by atoms with van der Waals surface area (Å²) in [4.78, 5) is 0. The Balaban J connectivity index is 1.34. The molecular formula is C45H25N5. The van der Waals surface area contributed by atoms with Gasteiger partial charge in [-0.1, -0.05) is 66.7 Å². The van der Waals surface area contributed by atoms with Gasteiger partial charge in [-0.15, -0.1) is 0 Å². The Bertz CT molecular complexity index is 2920. The summed E-state index contributed by atoms with van der Waals surface area (Å²) < 4.78 is 4.46. The van der Waals surface area contributed by atoms with E-state index in [1.54, 1.807) is 0 Å². The average molecular weight is 636 g/mol. The fourth-order valence-electron chi connectivity index (χ4n) is 7.33. The van der Waals surface area contributed by atoms with Crippen molar-refractivity contribution >= 4 is 43.6 Å². The lowest BCUT2D eigenvalue weighted by atomic mass is 9.95. The van der Waals surface area contributed by atoms with Crippen molar-refractivity contribution in [3.8, 4) is 51.8 Å². The van der Waals surface area contributed by atoms with Crippen LogP contribution in [0.2, 0.25) is 0 Å². The zero-order chi connectivity index (χ0) is 33.8. The molecule has 5 heteroatoms. The molecule has 9 rings (SSSR count). The SMILES string of the molecule is N#Cc1cccc(-c2cc(-c3cc(C#N)cc(-n4c5ccccc5c5ccccc54)c3)cc(-n3c4ccccc4c4cc(C#N)ccc43)c2)c1. The first-order chi connectivity index (χ1) is 24.6. The second-order valence-electron chi connectivity index (χ2n) is 12.4. The second-order valence-corrected chi connectivity index (χ2v) is 12.4. The van der Waals surface area contributed by atoms with Crippen LogP contribution in [0.4, 0.5) is 0 Å². The minimum Gasteiger partial charge on any atom is -0.309 e. The second kappa shape index (κ2) is 11.4. The zero-order valence-electron chi connectivity index (χ0n) is 26.7. The van der Waals surface area contributed by atoms with Gasteiger partial charge in [0.25, 0.3) is 0 Å². The number of hydrogen-bond donors (Lipinski definition) is 0. The van der Waals surface area contributed by atoms with Gasteiger partial charge >= 0.3 is 0 Å². The Morgan fingerprint density at radius 3 is 1.38 bits per heavy atom. The van der Waals surface area contributed by atoms with Crippen molar-refractivity contribution in [1.82, 2.24) is 9.13 Å². The fraction of sp³-hybridized carbons (Fsp3) is 0. The third kappa shape index (κ3) is 4.53.